The first kappa shape index (κ1) is 22.6. The number of ketones is 1. The lowest BCUT2D eigenvalue weighted by atomic mass is 9.95. The lowest BCUT2D eigenvalue weighted by molar-refractivity contribution is -0.132. The van der Waals surface area contributed by atoms with Gasteiger partial charge in [-0.2, -0.15) is 0 Å². The number of methoxy groups -OCH3 is 1. The summed E-state index contributed by atoms with van der Waals surface area (Å²) in [7, 11) is 1.22. The Bertz CT molecular complexity index is 1320. The van der Waals surface area contributed by atoms with Gasteiger partial charge in [-0.25, -0.2) is 14.2 Å². The number of hydrogen-bond donors (Lipinski definition) is 1. The van der Waals surface area contributed by atoms with E-state index in [4.69, 9.17) is 16.3 Å². The summed E-state index contributed by atoms with van der Waals surface area (Å²) in [6, 6.07) is 10.3. The second-order valence-corrected chi connectivity index (χ2v) is 8.55. The predicted molar refractivity (Wildman–Crippen MR) is 121 cm³/mol. The van der Waals surface area contributed by atoms with Crippen LogP contribution in [0.3, 0.4) is 0 Å². The quantitative estimate of drug-likeness (QED) is 0.249. The van der Waals surface area contributed by atoms with Gasteiger partial charge < -0.3 is 9.84 Å². The molecular formula is C23H16ClFN2O5S. The van der Waals surface area contributed by atoms with Crippen LogP contribution in [0.2, 0.25) is 5.02 Å². The molecule has 0 radical (unpaired) electrons. The first-order valence-electron chi connectivity index (χ1n) is 9.61. The number of aromatic nitrogens is 1. The number of Topliss-reactive ketones (excluding diaryl/α,β-unsaturated/α-hetero) is 1. The number of ether oxygens (including phenoxy) is 1. The SMILES string of the molecule is COC(=O)c1sc(N2C(=O)C(=O)C(=C(O)c3ccc(F)cc3)[C@@H]2c2cccc(Cl)c2)nc1C. The van der Waals surface area contributed by atoms with Gasteiger partial charge in [0, 0.05) is 10.6 Å². The first-order chi connectivity index (χ1) is 15.7. The van der Waals surface area contributed by atoms with E-state index in [1.54, 1.807) is 31.2 Å². The molecule has 10 heteroatoms. The second kappa shape index (κ2) is 8.76. The number of amides is 1. The highest BCUT2D eigenvalue weighted by molar-refractivity contribution is 7.17. The Morgan fingerprint density at radius 2 is 1.91 bits per heavy atom. The highest BCUT2D eigenvalue weighted by Crippen LogP contribution is 2.44. The maximum absolute atomic E-state index is 13.4. The van der Waals surface area contributed by atoms with Gasteiger partial charge in [0.05, 0.1) is 24.4 Å². The Hall–Kier alpha value is -3.56. The number of thiazole rings is 1. The molecule has 2 aromatic carbocycles. The van der Waals surface area contributed by atoms with Crippen molar-refractivity contribution >= 4 is 51.5 Å². The zero-order valence-corrected chi connectivity index (χ0v) is 18.9. The molecule has 1 aliphatic heterocycles. The first-order valence-corrected chi connectivity index (χ1v) is 10.8. The molecule has 1 N–H and O–H groups in total. The van der Waals surface area contributed by atoms with E-state index in [1.165, 1.54) is 19.2 Å². The summed E-state index contributed by atoms with van der Waals surface area (Å²) in [6.45, 7) is 1.58. The molecule has 1 amide bonds. The Morgan fingerprint density at radius 3 is 2.55 bits per heavy atom. The van der Waals surface area contributed by atoms with Crippen LogP contribution in [-0.4, -0.2) is 34.9 Å². The van der Waals surface area contributed by atoms with Gasteiger partial charge in [0.2, 0.25) is 0 Å². The molecule has 0 spiro atoms. The van der Waals surface area contributed by atoms with Crippen LogP contribution in [0, 0.1) is 12.7 Å². The van der Waals surface area contributed by atoms with Crippen LogP contribution < -0.4 is 4.90 Å². The lowest BCUT2D eigenvalue weighted by Crippen LogP contribution is -2.29. The van der Waals surface area contributed by atoms with Gasteiger partial charge in [0.1, 0.15) is 16.5 Å². The molecule has 1 fully saturated rings. The van der Waals surface area contributed by atoms with E-state index in [0.717, 1.165) is 28.4 Å². The number of aliphatic hydroxyl groups is 1. The molecule has 2 heterocycles. The number of esters is 1. The number of hydrogen-bond acceptors (Lipinski definition) is 7. The molecule has 3 aromatic rings. The van der Waals surface area contributed by atoms with Gasteiger partial charge in [-0.05, 0) is 48.9 Å². The summed E-state index contributed by atoms with van der Waals surface area (Å²) >= 11 is 7.05. The summed E-state index contributed by atoms with van der Waals surface area (Å²) in [5.41, 5.74) is 0.721. The van der Waals surface area contributed by atoms with Crippen molar-refractivity contribution in [1.82, 2.24) is 4.98 Å². The van der Waals surface area contributed by atoms with Crippen molar-refractivity contribution in [3.8, 4) is 0 Å². The molecule has 0 unspecified atom stereocenters. The average Bonchev–Trinajstić information content (AvgIpc) is 3.30. The molecule has 1 atom stereocenters. The third kappa shape index (κ3) is 4.01. The van der Waals surface area contributed by atoms with Crippen molar-refractivity contribution in [1.29, 1.82) is 0 Å². The largest absolute Gasteiger partial charge is 0.507 e. The minimum atomic E-state index is -1.08. The van der Waals surface area contributed by atoms with Crippen LogP contribution in [-0.2, 0) is 14.3 Å². The van der Waals surface area contributed by atoms with Gasteiger partial charge in [0.15, 0.2) is 5.13 Å². The highest BCUT2D eigenvalue weighted by atomic mass is 35.5. The van der Waals surface area contributed by atoms with E-state index in [0.29, 0.717) is 16.3 Å². The van der Waals surface area contributed by atoms with Crippen LogP contribution in [0.1, 0.15) is 32.5 Å². The number of halogens is 2. The molecule has 1 saturated heterocycles. The number of nitrogens with zero attached hydrogens (tertiary/aromatic N) is 2. The Morgan fingerprint density at radius 1 is 1.21 bits per heavy atom. The summed E-state index contributed by atoms with van der Waals surface area (Å²) in [5.74, 6) is -3.50. The second-order valence-electron chi connectivity index (χ2n) is 7.13. The summed E-state index contributed by atoms with van der Waals surface area (Å²) in [6.07, 6.45) is 0. The van der Waals surface area contributed by atoms with Crippen LogP contribution in [0.25, 0.3) is 5.76 Å². The number of benzene rings is 2. The smallest absolute Gasteiger partial charge is 0.350 e. The van der Waals surface area contributed by atoms with Gasteiger partial charge in [-0.15, -0.1) is 0 Å². The maximum atomic E-state index is 13.4. The topological polar surface area (TPSA) is 96.8 Å². The summed E-state index contributed by atoms with van der Waals surface area (Å²) in [4.78, 5) is 43.9. The van der Waals surface area contributed by atoms with Gasteiger partial charge in [0.25, 0.3) is 5.78 Å². The van der Waals surface area contributed by atoms with E-state index in [2.05, 4.69) is 4.98 Å². The molecule has 4 rings (SSSR count). The Labute approximate surface area is 196 Å². The molecule has 0 saturated carbocycles. The number of carbonyl (C=O) groups excluding carboxylic acids is 3. The third-order valence-electron chi connectivity index (χ3n) is 5.09. The lowest BCUT2D eigenvalue weighted by Gasteiger charge is -2.23. The van der Waals surface area contributed by atoms with Crippen molar-refractivity contribution in [3.05, 3.63) is 86.6 Å². The van der Waals surface area contributed by atoms with Crippen LogP contribution >= 0.6 is 22.9 Å². The predicted octanol–water partition coefficient (Wildman–Crippen LogP) is 4.66. The van der Waals surface area contributed by atoms with E-state index < -0.39 is 35.3 Å². The van der Waals surface area contributed by atoms with E-state index in [-0.39, 0.29) is 21.1 Å². The number of carbonyl (C=O) groups is 3. The van der Waals surface area contributed by atoms with Crippen LogP contribution in [0.5, 0.6) is 0 Å². The summed E-state index contributed by atoms with van der Waals surface area (Å²) < 4.78 is 18.1. The van der Waals surface area contributed by atoms with E-state index in [1.807, 2.05) is 0 Å². The van der Waals surface area contributed by atoms with Crippen molar-refractivity contribution in [3.63, 3.8) is 0 Å². The Kier molecular flexibility index (Phi) is 6.01. The maximum Gasteiger partial charge on any atom is 0.350 e. The molecule has 1 aliphatic rings. The molecule has 1 aromatic heterocycles. The fourth-order valence-corrected chi connectivity index (χ4v) is 4.76. The van der Waals surface area contributed by atoms with Gasteiger partial charge in [-0.1, -0.05) is 35.1 Å². The average molecular weight is 487 g/mol. The summed E-state index contributed by atoms with van der Waals surface area (Å²) in [5, 5.41) is 11.4. The van der Waals surface area contributed by atoms with E-state index in [9.17, 15) is 23.9 Å². The van der Waals surface area contributed by atoms with Crippen molar-refractivity contribution < 1.29 is 28.6 Å². The normalized spacial score (nSPS) is 17.5. The van der Waals surface area contributed by atoms with Crippen LogP contribution in [0.15, 0.2) is 54.1 Å². The highest BCUT2D eigenvalue weighted by Gasteiger charge is 2.48. The molecule has 0 aliphatic carbocycles. The fourth-order valence-electron chi connectivity index (χ4n) is 3.55. The molecule has 33 heavy (non-hydrogen) atoms. The number of aliphatic hydroxyl groups excluding tert-OH is 1. The molecular weight excluding hydrogens is 471 g/mol. The van der Waals surface area contributed by atoms with E-state index >= 15 is 0 Å². The van der Waals surface area contributed by atoms with Gasteiger partial charge in [-0.3, -0.25) is 14.5 Å². The Balaban J connectivity index is 1.94. The zero-order chi connectivity index (χ0) is 23.9. The fraction of sp³-hybridized carbons (Fsp3) is 0.130. The third-order valence-corrected chi connectivity index (χ3v) is 6.46. The zero-order valence-electron chi connectivity index (χ0n) is 17.3. The number of rotatable bonds is 4. The number of aryl methyl sites for hydroxylation is 1. The van der Waals surface area contributed by atoms with Crippen molar-refractivity contribution in [2.24, 2.45) is 0 Å². The number of anilines is 1. The monoisotopic (exact) mass is 486 g/mol. The minimum Gasteiger partial charge on any atom is -0.507 e. The van der Waals surface area contributed by atoms with Crippen LogP contribution in [0.4, 0.5) is 9.52 Å². The van der Waals surface area contributed by atoms with Gasteiger partial charge >= 0.3 is 11.9 Å². The molecule has 7 nitrogen and oxygen atoms in total. The molecule has 168 valence electrons. The molecule has 0 bridgehead atoms. The minimum absolute atomic E-state index is 0.0816. The van der Waals surface area contributed by atoms with Crippen molar-refractivity contribution in [2.75, 3.05) is 12.0 Å². The van der Waals surface area contributed by atoms with Crippen molar-refractivity contribution in [2.45, 2.75) is 13.0 Å². The standard InChI is InChI=1S/C23H16ClFN2O5S/c1-11-20(22(31)32-2)33-23(26-11)27-17(13-4-3-5-14(24)10-13)16(19(29)21(27)30)18(28)12-6-8-15(25)9-7-12/h3-10,17,28H,1-2H3/t17-/m0/s1.